The van der Waals surface area contributed by atoms with Gasteiger partial charge in [-0.15, -0.1) is 0 Å². The monoisotopic (exact) mass is 423 g/mol. The standard InChI is InChI=1S/C22H29N7O2/c1-13-10-28(11-16-8-23-15(3)24-9-16)12-18(13)20-25-21-19(22(30)26-20)14(2)27-29(21)17-4-6-31-7-5-17/h8-9,13,17-18H,4-7,10-12H2,1-3H3,(H,25,26,30)/t13-,18-/m1/s1. The van der Waals surface area contributed by atoms with Crippen LogP contribution < -0.4 is 5.56 Å². The Hall–Kier alpha value is -2.65. The molecule has 2 fully saturated rings. The molecule has 0 amide bonds. The van der Waals surface area contributed by atoms with Gasteiger partial charge in [-0.2, -0.15) is 5.10 Å². The molecule has 31 heavy (non-hydrogen) atoms. The third-order valence-electron chi connectivity index (χ3n) is 6.57. The predicted octanol–water partition coefficient (Wildman–Crippen LogP) is 2.11. The molecule has 0 aliphatic carbocycles. The van der Waals surface area contributed by atoms with Crippen molar-refractivity contribution in [3.63, 3.8) is 0 Å². The molecule has 0 unspecified atom stereocenters. The summed E-state index contributed by atoms with van der Waals surface area (Å²) < 4.78 is 7.47. The fourth-order valence-corrected chi connectivity index (χ4v) is 4.90. The van der Waals surface area contributed by atoms with Crippen LogP contribution in [0.5, 0.6) is 0 Å². The van der Waals surface area contributed by atoms with Crippen molar-refractivity contribution in [3.05, 3.63) is 45.7 Å². The summed E-state index contributed by atoms with van der Waals surface area (Å²) in [5.41, 5.74) is 2.46. The molecule has 5 rings (SSSR count). The lowest BCUT2D eigenvalue weighted by Gasteiger charge is -2.23. The van der Waals surface area contributed by atoms with Crippen LogP contribution >= 0.6 is 0 Å². The Morgan fingerprint density at radius 3 is 2.65 bits per heavy atom. The van der Waals surface area contributed by atoms with Crippen LogP contribution in [0.4, 0.5) is 0 Å². The number of likely N-dealkylation sites (tertiary alicyclic amines) is 1. The number of aryl methyl sites for hydroxylation is 2. The van der Waals surface area contributed by atoms with Gasteiger partial charge in [0.1, 0.15) is 17.0 Å². The van der Waals surface area contributed by atoms with E-state index in [9.17, 15) is 4.79 Å². The second kappa shape index (κ2) is 8.12. The van der Waals surface area contributed by atoms with Crippen molar-refractivity contribution in [1.82, 2.24) is 34.6 Å². The van der Waals surface area contributed by atoms with Crippen LogP contribution in [-0.2, 0) is 11.3 Å². The number of hydrogen-bond donors (Lipinski definition) is 1. The summed E-state index contributed by atoms with van der Waals surface area (Å²) in [4.78, 5) is 32.0. The summed E-state index contributed by atoms with van der Waals surface area (Å²) >= 11 is 0. The zero-order valence-corrected chi connectivity index (χ0v) is 18.3. The fraction of sp³-hybridized carbons (Fsp3) is 0.591. The molecule has 1 N–H and O–H groups in total. The van der Waals surface area contributed by atoms with Crippen molar-refractivity contribution >= 4 is 11.0 Å². The van der Waals surface area contributed by atoms with Crippen molar-refractivity contribution in [2.75, 3.05) is 26.3 Å². The highest BCUT2D eigenvalue weighted by molar-refractivity contribution is 5.77. The normalized spacial score (nSPS) is 23.1. The van der Waals surface area contributed by atoms with E-state index in [4.69, 9.17) is 14.8 Å². The molecule has 9 nitrogen and oxygen atoms in total. The second-order valence-corrected chi connectivity index (χ2v) is 8.94. The van der Waals surface area contributed by atoms with Crippen LogP contribution in [0.25, 0.3) is 11.0 Å². The molecule has 5 heterocycles. The summed E-state index contributed by atoms with van der Waals surface area (Å²) in [5.74, 6) is 2.10. The van der Waals surface area contributed by atoms with E-state index in [0.717, 1.165) is 68.6 Å². The van der Waals surface area contributed by atoms with Crippen molar-refractivity contribution in [2.45, 2.75) is 52.1 Å². The van der Waals surface area contributed by atoms with E-state index in [2.05, 4.69) is 26.8 Å². The van der Waals surface area contributed by atoms with E-state index in [1.807, 2.05) is 30.9 Å². The summed E-state index contributed by atoms with van der Waals surface area (Å²) in [7, 11) is 0. The lowest BCUT2D eigenvalue weighted by molar-refractivity contribution is 0.0672. The van der Waals surface area contributed by atoms with Gasteiger partial charge in [0.15, 0.2) is 5.65 Å². The molecule has 2 aliphatic heterocycles. The number of fused-ring (bicyclic) bond motifs is 1. The van der Waals surface area contributed by atoms with E-state index in [1.54, 1.807) is 0 Å². The minimum absolute atomic E-state index is 0.0894. The Bertz CT molecular complexity index is 1130. The molecule has 3 aromatic heterocycles. The van der Waals surface area contributed by atoms with Crippen molar-refractivity contribution in [3.8, 4) is 0 Å². The first-order valence-corrected chi connectivity index (χ1v) is 11.1. The molecule has 0 radical (unpaired) electrons. The number of nitrogens with zero attached hydrogens (tertiary/aromatic N) is 6. The highest BCUT2D eigenvalue weighted by atomic mass is 16.5. The molecule has 0 bridgehead atoms. The smallest absolute Gasteiger partial charge is 0.262 e. The Kier molecular flexibility index (Phi) is 5.31. The minimum atomic E-state index is -0.0894. The first kappa shape index (κ1) is 20.3. The van der Waals surface area contributed by atoms with Crippen LogP contribution in [0.15, 0.2) is 17.2 Å². The lowest BCUT2D eigenvalue weighted by Crippen LogP contribution is -2.23. The van der Waals surface area contributed by atoms with Gasteiger partial charge >= 0.3 is 0 Å². The van der Waals surface area contributed by atoms with Crippen LogP contribution in [0, 0.1) is 19.8 Å². The van der Waals surface area contributed by atoms with Gasteiger partial charge in [0, 0.05) is 56.7 Å². The summed E-state index contributed by atoms with van der Waals surface area (Å²) in [6.45, 7) is 10.0. The topological polar surface area (TPSA) is 102 Å². The predicted molar refractivity (Wildman–Crippen MR) is 116 cm³/mol. The second-order valence-electron chi connectivity index (χ2n) is 8.94. The van der Waals surface area contributed by atoms with Crippen molar-refractivity contribution < 1.29 is 4.74 Å². The van der Waals surface area contributed by atoms with E-state index in [-0.39, 0.29) is 17.5 Å². The van der Waals surface area contributed by atoms with Crippen molar-refractivity contribution in [2.24, 2.45) is 5.92 Å². The highest BCUT2D eigenvalue weighted by Crippen LogP contribution is 2.32. The number of aromatic amines is 1. The zero-order chi connectivity index (χ0) is 21.5. The molecular formula is C22H29N7O2. The minimum Gasteiger partial charge on any atom is -0.381 e. The molecule has 0 aromatic carbocycles. The molecule has 9 heteroatoms. The number of rotatable bonds is 4. The molecule has 2 atom stereocenters. The van der Waals surface area contributed by atoms with Crippen LogP contribution in [0.1, 0.15) is 54.6 Å². The van der Waals surface area contributed by atoms with Crippen LogP contribution in [0.3, 0.4) is 0 Å². The largest absolute Gasteiger partial charge is 0.381 e. The van der Waals surface area contributed by atoms with Gasteiger partial charge in [-0.1, -0.05) is 6.92 Å². The molecule has 2 saturated heterocycles. The lowest BCUT2D eigenvalue weighted by atomic mass is 9.97. The third kappa shape index (κ3) is 3.87. The Morgan fingerprint density at radius 2 is 1.90 bits per heavy atom. The third-order valence-corrected chi connectivity index (χ3v) is 6.57. The average molecular weight is 424 g/mol. The Morgan fingerprint density at radius 1 is 1.16 bits per heavy atom. The van der Waals surface area contributed by atoms with Gasteiger partial charge in [0.05, 0.1) is 11.7 Å². The van der Waals surface area contributed by atoms with Crippen LogP contribution in [-0.4, -0.2) is 60.9 Å². The number of ether oxygens (including phenoxy) is 1. The number of H-pyrrole nitrogens is 1. The maximum Gasteiger partial charge on any atom is 0.262 e. The molecule has 164 valence electrons. The van der Waals surface area contributed by atoms with E-state index < -0.39 is 0 Å². The van der Waals surface area contributed by atoms with E-state index >= 15 is 0 Å². The summed E-state index contributed by atoms with van der Waals surface area (Å²) in [5, 5.41) is 5.30. The SMILES string of the molecule is Cc1ncc(CN2C[C@@H](C)[C@H](c3nc4c(c(C)nn4C4CCOCC4)c(=O)[nH]3)C2)cn1. The van der Waals surface area contributed by atoms with E-state index in [1.165, 1.54) is 0 Å². The summed E-state index contributed by atoms with van der Waals surface area (Å²) in [6.07, 6.45) is 5.57. The molecule has 0 saturated carbocycles. The maximum absolute atomic E-state index is 13.0. The van der Waals surface area contributed by atoms with Gasteiger partial charge in [-0.3, -0.25) is 9.69 Å². The van der Waals surface area contributed by atoms with Crippen molar-refractivity contribution in [1.29, 1.82) is 0 Å². The zero-order valence-electron chi connectivity index (χ0n) is 18.3. The maximum atomic E-state index is 13.0. The highest BCUT2D eigenvalue weighted by Gasteiger charge is 2.33. The van der Waals surface area contributed by atoms with E-state index in [0.29, 0.717) is 17.0 Å². The molecule has 3 aromatic rings. The van der Waals surface area contributed by atoms with Gasteiger partial charge in [-0.05, 0) is 32.6 Å². The summed E-state index contributed by atoms with van der Waals surface area (Å²) in [6, 6.07) is 0.228. The number of hydrogen-bond acceptors (Lipinski definition) is 7. The Labute approximate surface area is 180 Å². The average Bonchev–Trinajstić information content (AvgIpc) is 3.30. The first-order valence-electron chi connectivity index (χ1n) is 11.1. The number of aromatic nitrogens is 6. The van der Waals surface area contributed by atoms with Gasteiger partial charge in [0.2, 0.25) is 0 Å². The Balaban J connectivity index is 1.44. The molecular weight excluding hydrogens is 394 g/mol. The van der Waals surface area contributed by atoms with Gasteiger partial charge < -0.3 is 9.72 Å². The van der Waals surface area contributed by atoms with Gasteiger partial charge in [0.25, 0.3) is 5.56 Å². The van der Waals surface area contributed by atoms with Crippen LogP contribution in [0.2, 0.25) is 0 Å². The first-order chi connectivity index (χ1) is 15.0. The van der Waals surface area contributed by atoms with Gasteiger partial charge in [-0.25, -0.2) is 19.6 Å². The number of nitrogens with one attached hydrogen (secondary N) is 1. The molecule has 2 aliphatic rings. The molecule has 0 spiro atoms. The fourth-order valence-electron chi connectivity index (χ4n) is 4.90. The quantitative estimate of drug-likeness (QED) is 0.686.